The topological polar surface area (TPSA) is 34.0 Å². The van der Waals surface area contributed by atoms with Gasteiger partial charge < -0.3 is 4.57 Å². The highest BCUT2D eigenvalue weighted by Gasteiger charge is 2.22. The van der Waals surface area contributed by atoms with Crippen molar-refractivity contribution in [2.75, 3.05) is 13.1 Å². The fourth-order valence-electron chi connectivity index (χ4n) is 3.13. The molecule has 0 saturated carbocycles. The van der Waals surface area contributed by atoms with E-state index in [0.29, 0.717) is 5.15 Å². The molecule has 3 aromatic heterocycles. The summed E-state index contributed by atoms with van der Waals surface area (Å²) in [5, 5.41) is 1.68. The number of fused-ring (bicyclic) bond motifs is 3. The van der Waals surface area contributed by atoms with Crippen LogP contribution in [0.25, 0.3) is 10.2 Å². The summed E-state index contributed by atoms with van der Waals surface area (Å²) in [5.41, 5.74) is 1.37. The average Bonchev–Trinajstić information content (AvgIpc) is 3.14. The number of hydrogen-bond acceptors (Lipinski definition) is 4. The Balaban J connectivity index is 1.45. The third kappa shape index (κ3) is 2.64. The van der Waals surface area contributed by atoms with Crippen LogP contribution in [0.15, 0.2) is 30.9 Å². The minimum atomic E-state index is 0.601. The van der Waals surface area contributed by atoms with E-state index in [4.69, 9.17) is 11.6 Å². The van der Waals surface area contributed by atoms with Gasteiger partial charge in [0.2, 0.25) is 0 Å². The summed E-state index contributed by atoms with van der Waals surface area (Å²) in [6, 6.07) is 4.16. The Labute approximate surface area is 138 Å². The summed E-state index contributed by atoms with van der Waals surface area (Å²) in [5.74, 6) is 0. The highest BCUT2D eigenvalue weighted by molar-refractivity contribution is 7.19. The van der Waals surface area contributed by atoms with Gasteiger partial charge in [0.1, 0.15) is 16.3 Å². The first-order valence-corrected chi connectivity index (χ1v) is 8.74. The Morgan fingerprint density at radius 2 is 2.05 bits per heavy atom. The van der Waals surface area contributed by atoms with Crippen molar-refractivity contribution in [2.45, 2.75) is 25.9 Å². The maximum Gasteiger partial charge on any atom is 0.141 e. The third-order valence-corrected chi connectivity index (χ3v) is 5.64. The Kier molecular flexibility index (Phi) is 3.86. The van der Waals surface area contributed by atoms with Crippen LogP contribution in [0.1, 0.15) is 16.9 Å². The average molecular weight is 333 g/mol. The number of aryl methyl sites for hydroxylation is 1. The molecule has 0 spiro atoms. The summed E-state index contributed by atoms with van der Waals surface area (Å²) in [7, 11) is 0. The standard InChI is InChI=1S/C16H17ClN4S/c17-15-14-12-4-9-21(8-3-7-20-5-1-2-6-20)10-13(12)22-16(14)19-11-18-15/h1-2,5-6,11H,3-4,7-10H2. The van der Waals surface area contributed by atoms with E-state index in [-0.39, 0.29) is 0 Å². The first kappa shape index (κ1) is 14.2. The third-order valence-electron chi connectivity index (χ3n) is 4.23. The van der Waals surface area contributed by atoms with Gasteiger partial charge in [-0.1, -0.05) is 11.6 Å². The zero-order valence-electron chi connectivity index (χ0n) is 12.2. The Bertz CT molecular complexity index is 781. The van der Waals surface area contributed by atoms with E-state index in [9.17, 15) is 0 Å². The molecule has 0 fully saturated rings. The van der Waals surface area contributed by atoms with E-state index in [1.54, 1.807) is 17.7 Å². The van der Waals surface area contributed by atoms with Crippen molar-refractivity contribution < 1.29 is 0 Å². The number of aromatic nitrogens is 3. The van der Waals surface area contributed by atoms with Crippen molar-refractivity contribution in [3.05, 3.63) is 46.4 Å². The molecule has 1 aliphatic rings. The summed E-state index contributed by atoms with van der Waals surface area (Å²) >= 11 is 8.02. The van der Waals surface area contributed by atoms with Gasteiger partial charge in [0, 0.05) is 43.4 Å². The molecule has 0 aliphatic carbocycles. The van der Waals surface area contributed by atoms with Crippen molar-refractivity contribution in [3.63, 3.8) is 0 Å². The molecule has 4 rings (SSSR count). The fourth-order valence-corrected chi connectivity index (χ4v) is 4.66. The second-order valence-electron chi connectivity index (χ2n) is 5.65. The summed E-state index contributed by atoms with van der Waals surface area (Å²) in [6.07, 6.45) is 8.03. The monoisotopic (exact) mass is 332 g/mol. The van der Waals surface area contributed by atoms with Gasteiger partial charge in [-0.15, -0.1) is 11.3 Å². The number of thiophene rings is 1. The summed E-state index contributed by atoms with van der Waals surface area (Å²) in [6.45, 7) is 4.32. The minimum absolute atomic E-state index is 0.601. The van der Waals surface area contributed by atoms with Gasteiger partial charge in [0.05, 0.1) is 5.39 Å². The zero-order chi connectivity index (χ0) is 14.9. The van der Waals surface area contributed by atoms with Crippen LogP contribution in [0, 0.1) is 0 Å². The van der Waals surface area contributed by atoms with Gasteiger partial charge >= 0.3 is 0 Å². The second-order valence-corrected chi connectivity index (χ2v) is 7.09. The largest absolute Gasteiger partial charge is 0.354 e. The predicted octanol–water partition coefficient (Wildman–Crippen LogP) is 3.59. The lowest BCUT2D eigenvalue weighted by atomic mass is 10.1. The van der Waals surface area contributed by atoms with Gasteiger partial charge in [0.15, 0.2) is 0 Å². The number of halogens is 1. The highest BCUT2D eigenvalue weighted by Crippen LogP contribution is 2.36. The Morgan fingerprint density at radius 3 is 2.91 bits per heavy atom. The van der Waals surface area contributed by atoms with Crippen LogP contribution >= 0.6 is 22.9 Å². The quantitative estimate of drug-likeness (QED) is 0.685. The van der Waals surface area contributed by atoms with Crippen molar-refractivity contribution in [1.82, 2.24) is 19.4 Å². The number of nitrogens with zero attached hydrogens (tertiary/aromatic N) is 4. The Hall–Kier alpha value is -1.43. The second kappa shape index (κ2) is 5.99. The van der Waals surface area contributed by atoms with Crippen LogP contribution in [0.2, 0.25) is 5.15 Å². The van der Waals surface area contributed by atoms with E-state index in [2.05, 4.69) is 44.0 Å². The molecule has 22 heavy (non-hydrogen) atoms. The smallest absolute Gasteiger partial charge is 0.141 e. The highest BCUT2D eigenvalue weighted by atomic mass is 35.5. The molecule has 0 unspecified atom stereocenters. The summed E-state index contributed by atoms with van der Waals surface area (Å²) < 4.78 is 2.24. The molecule has 0 N–H and O–H groups in total. The van der Waals surface area contributed by atoms with Crippen LogP contribution in [0.5, 0.6) is 0 Å². The molecule has 0 atom stereocenters. The fraction of sp³-hybridized carbons (Fsp3) is 0.375. The number of rotatable bonds is 4. The van der Waals surface area contributed by atoms with Gasteiger partial charge in [-0.2, -0.15) is 0 Å². The zero-order valence-corrected chi connectivity index (χ0v) is 13.8. The molecule has 0 saturated heterocycles. The molecular weight excluding hydrogens is 316 g/mol. The molecule has 0 radical (unpaired) electrons. The molecule has 6 heteroatoms. The SMILES string of the molecule is Clc1ncnc2sc3c(c12)CCN(CCCn1cccc1)C3. The van der Waals surface area contributed by atoms with Crippen LogP contribution in [0.3, 0.4) is 0 Å². The molecule has 1 aliphatic heterocycles. The minimum Gasteiger partial charge on any atom is -0.354 e. The van der Waals surface area contributed by atoms with E-state index in [0.717, 1.165) is 42.8 Å². The van der Waals surface area contributed by atoms with E-state index < -0.39 is 0 Å². The Morgan fingerprint density at radius 1 is 1.18 bits per heavy atom. The van der Waals surface area contributed by atoms with E-state index >= 15 is 0 Å². The molecule has 4 nitrogen and oxygen atoms in total. The molecule has 114 valence electrons. The van der Waals surface area contributed by atoms with Crippen molar-refractivity contribution in [1.29, 1.82) is 0 Å². The molecule has 3 aromatic rings. The van der Waals surface area contributed by atoms with Crippen molar-refractivity contribution >= 4 is 33.2 Å². The van der Waals surface area contributed by atoms with Gasteiger partial charge in [-0.25, -0.2) is 9.97 Å². The van der Waals surface area contributed by atoms with E-state index in [1.807, 2.05) is 0 Å². The molecule has 4 heterocycles. The van der Waals surface area contributed by atoms with Crippen LogP contribution in [-0.4, -0.2) is 32.5 Å². The maximum absolute atomic E-state index is 6.25. The van der Waals surface area contributed by atoms with Gasteiger partial charge in [-0.05, 0) is 30.5 Å². The predicted molar refractivity (Wildman–Crippen MR) is 90.5 cm³/mol. The van der Waals surface area contributed by atoms with E-state index in [1.165, 1.54) is 16.9 Å². The lowest BCUT2D eigenvalue weighted by Gasteiger charge is -2.26. The van der Waals surface area contributed by atoms with Gasteiger partial charge in [0.25, 0.3) is 0 Å². The summed E-state index contributed by atoms with van der Waals surface area (Å²) in [4.78, 5) is 13.5. The van der Waals surface area contributed by atoms with Crippen molar-refractivity contribution in [3.8, 4) is 0 Å². The molecule has 0 bridgehead atoms. The first-order chi connectivity index (χ1) is 10.8. The molecule has 0 aromatic carbocycles. The molecular formula is C16H17ClN4S. The van der Waals surface area contributed by atoms with Crippen molar-refractivity contribution in [2.24, 2.45) is 0 Å². The lowest BCUT2D eigenvalue weighted by Crippen LogP contribution is -2.31. The maximum atomic E-state index is 6.25. The molecule has 0 amide bonds. The lowest BCUT2D eigenvalue weighted by molar-refractivity contribution is 0.250. The van der Waals surface area contributed by atoms with Gasteiger partial charge in [-0.3, -0.25) is 4.90 Å². The first-order valence-electron chi connectivity index (χ1n) is 7.55. The van der Waals surface area contributed by atoms with Crippen LogP contribution in [0.4, 0.5) is 0 Å². The van der Waals surface area contributed by atoms with Crippen LogP contribution < -0.4 is 0 Å². The number of hydrogen-bond donors (Lipinski definition) is 0. The normalized spacial score (nSPS) is 15.3. The van der Waals surface area contributed by atoms with Crippen LogP contribution in [-0.2, 0) is 19.5 Å².